The van der Waals surface area contributed by atoms with Gasteiger partial charge in [0.1, 0.15) is 12.4 Å². The van der Waals surface area contributed by atoms with Gasteiger partial charge in [-0.25, -0.2) is 0 Å². The van der Waals surface area contributed by atoms with Gasteiger partial charge in [-0.05, 0) is 37.1 Å². The summed E-state index contributed by atoms with van der Waals surface area (Å²) in [4.78, 5) is 3.95. The smallest absolute Gasteiger partial charge is 0.122 e. The van der Waals surface area contributed by atoms with Gasteiger partial charge in [0.25, 0.3) is 0 Å². The highest BCUT2D eigenvalue weighted by Gasteiger charge is 2.06. The first-order valence-electron chi connectivity index (χ1n) is 6.15. The molecule has 0 aliphatic heterocycles. The minimum absolute atomic E-state index is 0.0300. The number of hydrogen-bond acceptors (Lipinski definition) is 3. The second kappa shape index (κ2) is 6.04. The van der Waals surface area contributed by atoms with Gasteiger partial charge < -0.3 is 10.5 Å². The first-order valence-corrected chi connectivity index (χ1v) is 6.53. The van der Waals surface area contributed by atoms with Crippen molar-refractivity contribution in [2.45, 2.75) is 26.5 Å². The molecule has 0 radical (unpaired) electrons. The van der Waals surface area contributed by atoms with Crippen molar-refractivity contribution in [1.29, 1.82) is 0 Å². The van der Waals surface area contributed by atoms with Crippen LogP contribution in [0.15, 0.2) is 36.7 Å². The Morgan fingerprint density at radius 3 is 2.79 bits per heavy atom. The van der Waals surface area contributed by atoms with Crippen molar-refractivity contribution >= 4 is 11.6 Å². The van der Waals surface area contributed by atoms with E-state index in [1.54, 1.807) is 12.4 Å². The fourth-order valence-electron chi connectivity index (χ4n) is 1.79. The van der Waals surface area contributed by atoms with Crippen LogP contribution in [-0.4, -0.2) is 4.98 Å². The van der Waals surface area contributed by atoms with Gasteiger partial charge in [0.05, 0.1) is 5.02 Å². The van der Waals surface area contributed by atoms with Crippen molar-refractivity contribution < 1.29 is 4.74 Å². The summed E-state index contributed by atoms with van der Waals surface area (Å²) in [6, 6.07) is 7.87. The fourth-order valence-corrected chi connectivity index (χ4v) is 1.97. The van der Waals surface area contributed by atoms with Crippen LogP contribution in [0.1, 0.15) is 29.7 Å². The third-order valence-electron chi connectivity index (χ3n) is 2.96. The normalized spacial score (nSPS) is 12.2. The average molecular weight is 277 g/mol. The molecule has 1 heterocycles. The van der Waals surface area contributed by atoms with Crippen LogP contribution in [0.3, 0.4) is 0 Å². The number of nitrogens with zero attached hydrogens (tertiary/aromatic N) is 1. The lowest BCUT2D eigenvalue weighted by molar-refractivity contribution is 0.304. The van der Waals surface area contributed by atoms with Gasteiger partial charge in [-0.2, -0.15) is 0 Å². The molecule has 0 bridgehead atoms. The third-order valence-corrected chi connectivity index (χ3v) is 3.30. The average Bonchev–Trinajstić information content (AvgIpc) is 2.39. The Balaban J connectivity index is 2.10. The molecule has 2 rings (SSSR count). The van der Waals surface area contributed by atoms with Crippen molar-refractivity contribution in [2.24, 2.45) is 5.73 Å². The van der Waals surface area contributed by atoms with Crippen molar-refractivity contribution in [3.63, 3.8) is 0 Å². The summed E-state index contributed by atoms with van der Waals surface area (Å²) in [5, 5.41) is 0.618. The second-order valence-electron chi connectivity index (χ2n) is 4.57. The number of aromatic nitrogens is 1. The van der Waals surface area contributed by atoms with E-state index in [4.69, 9.17) is 22.1 Å². The fraction of sp³-hybridized carbons (Fsp3) is 0.267. The number of aryl methyl sites for hydroxylation is 1. The molecule has 0 unspecified atom stereocenters. The number of nitrogens with two attached hydrogens (primary N) is 1. The Kier molecular flexibility index (Phi) is 4.40. The van der Waals surface area contributed by atoms with E-state index in [0.29, 0.717) is 11.6 Å². The summed E-state index contributed by atoms with van der Waals surface area (Å²) < 4.78 is 5.79. The molecule has 19 heavy (non-hydrogen) atoms. The predicted molar refractivity (Wildman–Crippen MR) is 77.4 cm³/mol. The standard InChI is InChI=1S/C15H17ClN2O/c1-10-7-12(11(2)17)3-4-15(10)19-9-13-5-6-18-8-14(13)16/h3-8,11H,9,17H2,1-2H3/t11-/m0/s1. The molecule has 0 aliphatic rings. The minimum Gasteiger partial charge on any atom is -0.489 e. The molecule has 3 nitrogen and oxygen atoms in total. The van der Waals surface area contributed by atoms with E-state index in [1.807, 2.05) is 38.1 Å². The maximum atomic E-state index is 6.04. The van der Waals surface area contributed by atoms with E-state index in [2.05, 4.69) is 4.98 Å². The van der Waals surface area contributed by atoms with Gasteiger partial charge in [0.2, 0.25) is 0 Å². The van der Waals surface area contributed by atoms with Crippen molar-refractivity contribution in [1.82, 2.24) is 4.98 Å². The number of hydrogen-bond donors (Lipinski definition) is 1. The van der Waals surface area contributed by atoms with E-state index >= 15 is 0 Å². The molecular weight excluding hydrogens is 260 g/mol. The van der Waals surface area contributed by atoms with Crippen LogP contribution >= 0.6 is 11.6 Å². The van der Waals surface area contributed by atoms with E-state index in [-0.39, 0.29) is 6.04 Å². The number of benzene rings is 1. The molecule has 0 aliphatic carbocycles. The molecule has 1 aromatic carbocycles. The summed E-state index contributed by atoms with van der Waals surface area (Å²) in [5.74, 6) is 0.845. The van der Waals surface area contributed by atoms with E-state index < -0.39 is 0 Å². The highest BCUT2D eigenvalue weighted by atomic mass is 35.5. The molecule has 100 valence electrons. The van der Waals surface area contributed by atoms with Crippen LogP contribution in [0, 0.1) is 6.92 Å². The van der Waals surface area contributed by atoms with Crippen molar-refractivity contribution in [3.8, 4) is 5.75 Å². The highest BCUT2D eigenvalue weighted by Crippen LogP contribution is 2.23. The second-order valence-corrected chi connectivity index (χ2v) is 4.98. The molecule has 2 N–H and O–H groups in total. The Morgan fingerprint density at radius 2 is 2.16 bits per heavy atom. The Hall–Kier alpha value is -1.58. The van der Waals surface area contributed by atoms with Crippen LogP contribution in [0.25, 0.3) is 0 Å². The molecular formula is C15H17ClN2O. The third kappa shape index (κ3) is 3.46. The summed E-state index contributed by atoms with van der Waals surface area (Å²) in [5.41, 5.74) is 8.95. The van der Waals surface area contributed by atoms with E-state index in [0.717, 1.165) is 22.4 Å². The zero-order valence-electron chi connectivity index (χ0n) is 11.1. The topological polar surface area (TPSA) is 48.1 Å². The maximum absolute atomic E-state index is 6.04. The minimum atomic E-state index is 0.0300. The molecule has 2 aromatic rings. The molecule has 0 saturated carbocycles. The molecule has 0 amide bonds. The van der Waals surface area contributed by atoms with Crippen LogP contribution in [-0.2, 0) is 6.61 Å². The van der Waals surface area contributed by atoms with Crippen LogP contribution in [0.4, 0.5) is 0 Å². The van der Waals surface area contributed by atoms with Crippen LogP contribution in [0.2, 0.25) is 5.02 Å². The molecule has 4 heteroatoms. The molecule has 0 saturated heterocycles. The number of rotatable bonds is 4. The lowest BCUT2D eigenvalue weighted by Gasteiger charge is -2.12. The van der Waals surface area contributed by atoms with Gasteiger partial charge in [0, 0.05) is 24.0 Å². The Bertz CT molecular complexity index is 570. The van der Waals surface area contributed by atoms with Crippen molar-refractivity contribution in [3.05, 3.63) is 58.4 Å². The lowest BCUT2D eigenvalue weighted by Crippen LogP contribution is -2.05. The summed E-state index contributed by atoms with van der Waals surface area (Å²) in [7, 11) is 0. The van der Waals surface area contributed by atoms with Crippen LogP contribution in [0.5, 0.6) is 5.75 Å². The summed E-state index contributed by atoms with van der Waals surface area (Å²) in [6.07, 6.45) is 3.32. The van der Waals surface area contributed by atoms with Crippen LogP contribution < -0.4 is 10.5 Å². The first kappa shape index (κ1) is 13.8. The van der Waals surface area contributed by atoms with Gasteiger partial charge in [-0.1, -0.05) is 23.7 Å². The largest absolute Gasteiger partial charge is 0.489 e. The predicted octanol–water partition coefficient (Wildman–Crippen LogP) is 3.64. The van der Waals surface area contributed by atoms with Crippen molar-refractivity contribution in [2.75, 3.05) is 0 Å². The van der Waals surface area contributed by atoms with E-state index in [1.165, 1.54) is 0 Å². The first-order chi connectivity index (χ1) is 9.08. The molecule has 0 spiro atoms. The molecule has 1 aromatic heterocycles. The summed E-state index contributed by atoms with van der Waals surface area (Å²) in [6.45, 7) is 4.40. The van der Waals surface area contributed by atoms with Gasteiger partial charge in [0.15, 0.2) is 0 Å². The van der Waals surface area contributed by atoms with E-state index in [9.17, 15) is 0 Å². The zero-order chi connectivity index (χ0) is 13.8. The molecule has 0 fully saturated rings. The SMILES string of the molecule is Cc1cc([C@H](C)N)ccc1OCc1ccncc1Cl. The Morgan fingerprint density at radius 1 is 1.37 bits per heavy atom. The molecule has 1 atom stereocenters. The maximum Gasteiger partial charge on any atom is 0.122 e. The van der Waals surface area contributed by atoms with Gasteiger partial charge in [-0.3, -0.25) is 4.98 Å². The quantitative estimate of drug-likeness (QED) is 0.927. The number of pyridine rings is 1. The summed E-state index contributed by atoms with van der Waals surface area (Å²) >= 11 is 6.04. The lowest BCUT2D eigenvalue weighted by atomic mass is 10.1. The van der Waals surface area contributed by atoms with Gasteiger partial charge >= 0.3 is 0 Å². The van der Waals surface area contributed by atoms with Gasteiger partial charge in [-0.15, -0.1) is 0 Å². The highest BCUT2D eigenvalue weighted by molar-refractivity contribution is 6.31. The zero-order valence-corrected chi connectivity index (χ0v) is 11.8. The number of ether oxygens (including phenoxy) is 1. The number of halogens is 1. The monoisotopic (exact) mass is 276 g/mol. The Labute approximate surface area is 118 Å².